The second kappa shape index (κ2) is 14.4. The summed E-state index contributed by atoms with van der Waals surface area (Å²) in [5, 5.41) is 19.4. The van der Waals surface area contributed by atoms with E-state index in [0.717, 1.165) is 56.1 Å². The molecule has 0 aromatic heterocycles. The largest absolute Gasteiger partial charge is 0.444 e. The van der Waals surface area contributed by atoms with Crippen LogP contribution in [0.1, 0.15) is 103 Å². The molecule has 6 rings (SSSR count). The topological polar surface area (TPSA) is 167 Å². The van der Waals surface area contributed by atoms with Crippen LogP contribution in [0.3, 0.4) is 0 Å². The number of fused-ring (bicyclic) bond motifs is 3. The Morgan fingerprint density at radius 3 is 2.29 bits per heavy atom. The molecule has 1 aromatic rings. The first-order chi connectivity index (χ1) is 23.3. The van der Waals surface area contributed by atoms with Gasteiger partial charge in [0.15, 0.2) is 0 Å². The number of aliphatic hydroxyl groups excluding tert-OH is 1. The summed E-state index contributed by atoms with van der Waals surface area (Å²) < 4.78 is 11.6. The Bertz CT molecular complexity index is 1420. The molecule has 5 aliphatic rings. The van der Waals surface area contributed by atoms with Gasteiger partial charge in [-0.05, 0) is 69.9 Å². The summed E-state index contributed by atoms with van der Waals surface area (Å²) in [6, 6.07) is 5.93. The Hall–Kier alpha value is -3.55. The molecule has 2 saturated heterocycles. The van der Waals surface area contributed by atoms with Crippen LogP contribution in [0.15, 0.2) is 24.3 Å². The number of amides is 5. The van der Waals surface area contributed by atoms with E-state index in [4.69, 9.17) is 9.47 Å². The molecule has 3 aliphatic heterocycles. The van der Waals surface area contributed by atoms with Gasteiger partial charge in [0.05, 0.1) is 6.10 Å². The molecule has 0 bridgehead atoms. The fourth-order valence-corrected chi connectivity index (χ4v) is 7.48. The molecule has 13 heteroatoms. The maximum atomic E-state index is 14.3. The lowest BCUT2D eigenvalue weighted by atomic mass is 10.0. The van der Waals surface area contributed by atoms with E-state index in [1.54, 1.807) is 25.7 Å². The third-order valence-corrected chi connectivity index (χ3v) is 10.4. The third kappa shape index (κ3) is 8.43. The van der Waals surface area contributed by atoms with Gasteiger partial charge >= 0.3 is 6.09 Å². The van der Waals surface area contributed by atoms with Gasteiger partial charge in [-0.15, -0.1) is 0 Å². The first-order valence-electron chi connectivity index (χ1n) is 17.9. The molecule has 3 heterocycles. The summed E-state index contributed by atoms with van der Waals surface area (Å²) in [6.07, 6.45) is 4.65. The molecule has 2 saturated carbocycles. The molecule has 4 fully saturated rings. The van der Waals surface area contributed by atoms with Crippen LogP contribution in [0, 0.1) is 11.8 Å². The van der Waals surface area contributed by atoms with E-state index in [1.165, 1.54) is 4.90 Å². The average molecular weight is 682 g/mol. The number of alkyl carbamates (subject to hydrolysis) is 1. The summed E-state index contributed by atoms with van der Waals surface area (Å²) in [6.45, 7) is 6.23. The van der Waals surface area contributed by atoms with Crippen molar-refractivity contribution in [2.45, 2.75) is 140 Å². The zero-order valence-corrected chi connectivity index (χ0v) is 28.9. The second-order valence-electron chi connectivity index (χ2n) is 15.5. The van der Waals surface area contributed by atoms with E-state index in [1.807, 2.05) is 24.3 Å². The average Bonchev–Trinajstić information content (AvgIpc) is 3.92. The Balaban J connectivity index is 1.22. The summed E-state index contributed by atoms with van der Waals surface area (Å²) in [5.74, 6) is -2.07. The van der Waals surface area contributed by atoms with E-state index in [9.17, 15) is 29.1 Å². The molecule has 1 aromatic carbocycles. The van der Waals surface area contributed by atoms with Crippen molar-refractivity contribution >= 4 is 29.7 Å². The van der Waals surface area contributed by atoms with Gasteiger partial charge in [0.1, 0.15) is 23.2 Å². The number of carbonyl (C=O) groups excluding carboxylic acids is 5. The van der Waals surface area contributed by atoms with E-state index < -0.39 is 59.6 Å². The van der Waals surface area contributed by atoms with Crippen molar-refractivity contribution in [2.24, 2.45) is 11.8 Å². The highest BCUT2D eigenvalue weighted by atomic mass is 16.6. The zero-order valence-electron chi connectivity index (χ0n) is 28.9. The van der Waals surface area contributed by atoms with Gasteiger partial charge in [0.25, 0.3) is 5.91 Å². The molecule has 0 radical (unpaired) electrons. The number of aliphatic hydroxyl groups is 1. The van der Waals surface area contributed by atoms with Gasteiger partial charge in [-0.25, -0.2) is 9.69 Å². The number of carbonyl (C=O) groups is 5. The standard InChI is InChI=1S/C36H51N5O8/c1-35(2,3)49-33(46)37-27-14-8-6-4-5-7-13-25-18-36(25,32(45)38-29(42)22-15-16-22)39-30(43)28-17-26(21-41(28)31(27)44)48-34(47)40-19-23-11-9-10-12-24(23)20-40/h9-12,22,25-28,34,47H,4-8,13-21H2,1-3H3,(H,37,46)(H,39,43)(H,38,42,45)/t25-,26-,27+,28+,34?,36-/m1/s1. The summed E-state index contributed by atoms with van der Waals surface area (Å²) >= 11 is 0. The quantitative estimate of drug-likeness (QED) is 0.261. The molecule has 2 aliphatic carbocycles. The smallest absolute Gasteiger partial charge is 0.408 e. The van der Waals surface area contributed by atoms with Crippen LogP contribution in [0.4, 0.5) is 4.79 Å². The van der Waals surface area contributed by atoms with Crippen molar-refractivity contribution in [3.63, 3.8) is 0 Å². The highest BCUT2D eigenvalue weighted by Crippen LogP contribution is 2.48. The van der Waals surface area contributed by atoms with Crippen molar-refractivity contribution in [3.05, 3.63) is 35.4 Å². The highest BCUT2D eigenvalue weighted by molar-refractivity contribution is 6.05. The number of nitrogens with one attached hydrogen (secondary N) is 3. The van der Waals surface area contributed by atoms with E-state index in [0.29, 0.717) is 32.4 Å². The lowest BCUT2D eigenvalue weighted by Crippen LogP contribution is -2.58. The lowest BCUT2D eigenvalue weighted by Gasteiger charge is -2.30. The van der Waals surface area contributed by atoms with Crippen LogP contribution < -0.4 is 16.0 Å². The number of imide groups is 1. The Kier molecular flexibility index (Phi) is 10.3. The van der Waals surface area contributed by atoms with Crippen molar-refractivity contribution < 1.29 is 38.6 Å². The molecule has 49 heavy (non-hydrogen) atoms. The van der Waals surface area contributed by atoms with Gasteiger partial charge in [-0.2, -0.15) is 0 Å². The fraction of sp³-hybridized carbons (Fsp3) is 0.694. The third-order valence-electron chi connectivity index (χ3n) is 10.4. The lowest BCUT2D eigenvalue weighted by molar-refractivity contribution is -0.218. The van der Waals surface area contributed by atoms with Gasteiger partial charge < -0.3 is 30.1 Å². The molecule has 6 atom stereocenters. The second-order valence-corrected chi connectivity index (χ2v) is 15.5. The molecule has 5 amide bonds. The molecular formula is C36H51N5O8. The predicted octanol–water partition coefficient (Wildman–Crippen LogP) is 2.83. The molecule has 1 unspecified atom stereocenters. The van der Waals surface area contributed by atoms with Gasteiger partial charge in [0, 0.05) is 32.0 Å². The maximum absolute atomic E-state index is 14.3. The number of nitrogens with zero attached hydrogens (tertiary/aromatic N) is 2. The predicted molar refractivity (Wildman–Crippen MR) is 177 cm³/mol. The molecule has 4 N–H and O–H groups in total. The van der Waals surface area contributed by atoms with Gasteiger partial charge in [-0.3, -0.25) is 24.5 Å². The monoisotopic (exact) mass is 681 g/mol. The van der Waals surface area contributed by atoms with Gasteiger partial charge in [0.2, 0.25) is 24.1 Å². The van der Waals surface area contributed by atoms with Crippen LogP contribution in [0.5, 0.6) is 0 Å². The number of ether oxygens (including phenoxy) is 2. The number of rotatable bonds is 6. The summed E-state index contributed by atoms with van der Waals surface area (Å²) in [5.41, 5.74) is 0.184. The minimum Gasteiger partial charge on any atom is -0.444 e. The Labute approximate surface area is 287 Å². The Morgan fingerprint density at radius 1 is 0.980 bits per heavy atom. The minimum atomic E-state index is -1.27. The normalized spacial score (nSPS) is 30.1. The van der Waals surface area contributed by atoms with Crippen molar-refractivity contribution in [1.29, 1.82) is 0 Å². The zero-order chi connectivity index (χ0) is 34.9. The Morgan fingerprint density at radius 2 is 1.63 bits per heavy atom. The summed E-state index contributed by atoms with van der Waals surface area (Å²) in [4.78, 5) is 70.7. The van der Waals surface area contributed by atoms with Crippen LogP contribution >= 0.6 is 0 Å². The number of benzene rings is 1. The minimum absolute atomic E-state index is 0.00403. The van der Waals surface area contributed by atoms with E-state index in [-0.39, 0.29) is 30.7 Å². The SMILES string of the molecule is CC(C)(C)OC(=O)N[C@H]1CCCCCCC[C@@H]2C[C@@]2(C(=O)NC(=O)C2CC2)NC(=O)[C@@H]2C[C@@H](OC(O)N3Cc4ccccc4C3)CN2C1=O. The molecule has 268 valence electrons. The highest BCUT2D eigenvalue weighted by Gasteiger charge is 2.62. The van der Waals surface area contributed by atoms with Crippen LogP contribution in [0.2, 0.25) is 0 Å². The van der Waals surface area contributed by atoms with Gasteiger partial charge in [-0.1, -0.05) is 56.4 Å². The number of hydrogen-bond acceptors (Lipinski definition) is 9. The molecule has 0 spiro atoms. The first kappa shape index (κ1) is 35.3. The van der Waals surface area contributed by atoms with Crippen molar-refractivity contribution in [2.75, 3.05) is 6.54 Å². The number of hydrogen-bond donors (Lipinski definition) is 4. The van der Waals surface area contributed by atoms with Crippen molar-refractivity contribution in [3.8, 4) is 0 Å². The van der Waals surface area contributed by atoms with Crippen LogP contribution in [0.25, 0.3) is 0 Å². The molecular weight excluding hydrogens is 630 g/mol. The van der Waals surface area contributed by atoms with Crippen molar-refractivity contribution in [1.82, 2.24) is 25.8 Å². The van der Waals surface area contributed by atoms with E-state index in [2.05, 4.69) is 16.0 Å². The van der Waals surface area contributed by atoms with E-state index >= 15 is 0 Å². The first-order valence-corrected chi connectivity index (χ1v) is 17.9. The summed E-state index contributed by atoms with van der Waals surface area (Å²) in [7, 11) is 0. The fourth-order valence-electron chi connectivity index (χ4n) is 7.48. The maximum Gasteiger partial charge on any atom is 0.408 e. The van der Waals surface area contributed by atoms with Crippen LogP contribution in [-0.4, -0.2) is 86.9 Å². The molecule has 13 nitrogen and oxygen atoms in total. The van der Waals surface area contributed by atoms with Crippen LogP contribution in [-0.2, 0) is 41.7 Å².